The minimum atomic E-state index is 0. The van der Waals surface area contributed by atoms with Crippen LogP contribution in [0, 0.1) is 12.8 Å². The fourth-order valence-corrected chi connectivity index (χ4v) is 3.56. The fourth-order valence-electron chi connectivity index (χ4n) is 3.13. The molecule has 1 aromatic rings. The van der Waals surface area contributed by atoms with Gasteiger partial charge in [-0.25, -0.2) is 0 Å². The van der Waals surface area contributed by atoms with Crippen LogP contribution in [-0.2, 0) is 4.74 Å². The maximum Gasteiger partial charge on any atom is 0.191 e. The molecule has 0 bridgehead atoms. The van der Waals surface area contributed by atoms with Crippen molar-refractivity contribution < 1.29 is 4.74 Å². The number of ether oxygens (including phenoxy) is 1. The summed E-state index contributed by atoms with van der Waals surface area (Å²) >= 11 is 1.88. The van der Waals surface area contributed by atoms with Crippen LogP contribution in [0.2, 0.25) is 0 Å². The Balaban J connectivity index is 0.00000338. The summed E-state index contributed by atoms with van der Waals surface area (Å²) in [5.74, 6) is 2.55. The molecule has 6 heteroatoms. The first-order valence-electron chi connectivity index (χ1n) is 9.44. The highest BCUT2D eigenvalue weighted by molar-refractivity contribution is 14.0. The van der Waals surface area contributed by atoms with Crippen LogP contribution in [0.5, 0.6) is 0 Å². The molecule has 2 atom stereocenters. The smallest absolute Gasteiger partial charge is 0.191 e. The Morgan fingerprint density at radius 1 is 1.27 bits per heavy atom. The van der Waals surface area contributed by atoms with Crippen LogP contribution in [0.25, 0.3) is 0 Å². The van der Waals surface area contributed by atoms with E-state index in [2.05, 4.69) is 55.0 Å². The van der Waals surface area contributed by atoms with E-state index in [1.165, 1.54) is 23.3 Å². The van der Waals surface area contributed by atoms with Gasteiger partial charge in [0, 0.05) is 32.2 Å². The Kier molecular flexibility index (Phi) is 12.4. The number of halogens is 1. The highest BCUT2D eigenvalue weighted by Crippen LogP contribution is 2.33. The van der Waals surface area contributed by atoms with E-state index in [4.69, 9.17) is 9.73 Å². The van der Waals surface area contributed by atoms with Crippen molar-refractivity contribution in [2.24, 2.45) is 10.9 Å². The number of nitrogens with zero attached hydrogens (tertiary/aromatic N) is 1. The Hall–Kier alpha value is -0.470. The minimum absolute atomic E-state index is 0. The first-order chi connectivity index (χ1) is 12.2. The van der Waals surface area contributed by atoms with Crippen molar-refractivity contribution >= 4 is 41.7 Å². The Morgan fingerprint density at radius 3 is 2.73 bits per heavy atom. The molecule has 1 aromatic carbocycles. The van der Waals surface area contributed by atoms with Gasteiger partial charge in [-0.15, -0.1) is 24.0 Å². The van der Waals surface area contributed by atoms with Crippen LogP contribution in [0.1, 0.15) is 43.4 Å². The summed E-state index contributed by atoms with van der Waals surface area (Å²) in [4.78, 5) is 4.84. The van der Waals surface area contributed by atoms with Crippen molar-refractivity contribution in [3.8, 4) is 0 Å². The fraction of sp³-hybridized carbons (Fsp3) is 0.650. The molecular weight excluding hydrogens is 457 g/mol. The summed E-state index contributed by atoms with van der Waals surface area (Å²) in [6.07, 6.45) is 5.77. The molecule has 4 nitrogen and oxygen atoms in total. The zero-order chi connectivity index (χ0) is 17.9. The summed E-state index contributed by atoms with van der Waals surface area (Å²) in [6, 6.07) is 8.75. The van der Waals surface area contributed by atoms with Crippen molar-refractivity contribution in [1.29, 1.82) is 0 Å². The van der Waals surface area contributed by atoms with Gasteiger partial charge >= 0.3 is 0 Å². The molecule has 2 rings (SSSR count). The molecule has 26 heavy (non-hydrogen) atoms. The highest BCUT2D eigenvalue weighted by atomic mass is 127. The van der Waals surface area contributed by atoms with Crippen molar-refractivity contribution in [3.05, 3.63) is 35.4 Å². The topological polar surface area (TPSA) is 45.7 Å². The zero-order valence-electron chi connectivity index (χ0n) is 16.3. The molecule has 1 aliphatic heterocycles. The molecule has 0 amide bonds. The maximum atomic E-state index is 6.11. The second-order valence-corrected chi connectivity index (χ2v) is 7.58. The third-order valence-electron chi connectivity index (χ3n) is 4.50. The number of aliphatic imine (C=N–C) groups is 1. The van der Waals surface area contributed by atoms with E-state index < -0.39 is 0 Å². The first kappa shape index (κ1) is 23.6. The van der Waals surface area contributed by atoms with Crippen molar-refractivity contribution in [2.75, 3.05) is 38.2 Å². The van der Waals surface area contributed by atoms with Gasteiger partial charge in [-0.2, -0.15) is 11.8 Å². The lowest BCUT2D eigenvalue weighted by Crippen LogP contribution is -2.38. The number of hydrogen-bond donors (Lipinski definition) is 2. The number of guanidine groups is 1. The third-order valence-corrected chi connectivity index (χ3v) is 5.19. The summed E-state index contributed by atoms with van der Waals surface area (Å²) in [6.45, 7) is 7.74. The van der Waals surface area contributed by atoms with Gasteiger partial charge in [0.25, 0.3) is 0 Å². The average Bonchev–Trinajstić information content (AvgIpc) is 2.64. The van der Waals surface area contributed by atoms with Gasteiger partial charge in [0.15, 0.2) is 5.96 Å². The second kappa shape index (κ2) is 13.7. The Morgan fingerprint density at radius 2 is 2.04 bits per heavy atom. The van der Waals surface area contributed by atoms with Crippen LogP contribution in [-0.4, -0.2) is 44.2 Å². The van der Waals surface area contributed by atoms with Gasteiger partial charge in [0.05, 0.1) is 6.10 Å². The lowest BCUT2D eigenvalue weighted by molar-refractivity contribution is -0.0250. The maximum absolute atomic E-state index is 6.11. The molecule has 2 unspecified atom stereocenters. The molecule has 148 valence electrons. The number of rotatable bonds is 8. The molecule has 0 aliphatic carbocycles. The molecule has 1 aliphatic rings. The van der Waals surface area contributed by atoms with Crippen molar-refractivity contribution in [1.82, 2.24) is 10.6 Å². The van der Waals surface area contributed by atoms with Crippen molar-refractivity contribution in [3.63, 3.8) is 0 Å². The van der Waals surface area contributed by atoms with Crippen LogP contribution >= 0.6 is 35.7 Å². The average molecular weight is 491 g/mol. The predicted octanol–water partition coefficient (Wildman–Crippen LogP) is 4.39. The standard InChI is InChI=1S/C20H33N3OS.HI/c1-4-21-20(22-12-6-14-25-3)23-15-18-7-5-13-24-19(18)17-10-8-16(2)9-11-17;/h8-11,18-19H,4-7,12-15H2,1-3H3,(H2,21,22,23);1H. The quantitative estimate of drug-likeness (QED) is 0.245. The van der Waals surface area contributed by atoms with E-state index in [0.29, 0.717) is 5.92 Å². The molecule has 0 spiro atoms. The molecule has 0 radical (unpaired) electrons. The van der Waals surface area contributed by atoms with Crippen LogP contribution in [0.3, 0.4) is 0 Å². The van der Waals surface area contributed by atoms with Crippen LogP contribution < -0.4 is 10.6 Å². The lowest BCUT2D eigenvalue weighted by atomic mass is 9.89. The van der Waals surface area contributed by atoms with Crippen LogP contribution in [0.15, 0.2) is 29.3 Å². The van der Waals surface area contributed by atoms with Crippen molar-refractivity contribution in [2.45, 2.75) is 39.2 Å². The summed E-state index contributed by atoms with van der Waals surface area (Å²) < 4.78 is 6.11. The highest BCUT2D eigenvalue weighted by Gasteiger charge is 2.27. The molecule has 0 aromatic heterocycles. The van der Waals surface area contributed by atoms with E-state index in [9.17, 15) is 0 Å². The van der Waals surface area contributed by atoms with E-state index in [-0.39, 0.29) is 30.1 Å². The Labute approximate surface area is 180 Å². The Bertz CT molecular complexity index is 524. The number of aryl methyl sites for hydroxylation is 1. The third kappa shape index (κ3) is 8.05. The summed E-state index contributed by atoms with van der Waals surface area (Å²) in [7, 11) is 0. The number of hydrogen-bond acceptors (Lipinski definition) is 3. The number of nitrogens with one attached hydrogen (secondary N) is 2. The van der Waals surface area contributed by atoms with E-state index in [1.54, 1.807) is 0 Å². The molecule has 0 saturated carbocycles. The van der Waals surface area contributed by atoms with Gasteiger partial charge < -0.3 is 15.4 Å². The van der Waals surface area contributed by atoms with Crippen LogP contribution in [0.4, 0.5) is 0 Å². The van der Waals surface area contributed by atoms with Gasteiger partial charge in [-0.3, -0.25) is 4.99 Å². The molecular formula is C20H34IN3OS. The molecule has 2 N–H and O–H groups in total. The zero-order valence-corrected chi connectivity index (χ0v) is 19.4. The number of benzene rings is 1. The predicted molar refractivity (Wildman–Crippen MR) is 125 cm³/mol. The molecule has 1 saturated heterocycles. The first-order valence-corrected chi connectivity index (χ1v) is 10.8. The lowest BCUT2D eigenvalue weighted by Gasteiger charge is -2.31. The van der Waals surface area contributed by atoms with Gasteiger partial charge in [-0.1, -0.05) is 29.8 Å². The van der Waals surface area contributed by atoms with E-state index in [0.717, 1.165) is 45.0 Å². The molecule has 1 fully saturated rings. The monoisotopic (exact) mass is 491 g/mol. The van der Waals surface area contributed by atoms with Gasteiger partial charge in [-0.05, 0) is 50.7 Å². The van der Waals surface area contributed by atoms with Gasteiger partial charge in [0.2, 0.25) is 0 Å². The van der Waals surface area contributed by atoms with Gasteiger partial charge in [0.1, 0.15) is 0 Å². The minimum Gasteiger partial charge on any atom is -0.373 e. The largest absolute Gasteiger partial charge is 0.373 e. The SMILES string of the molecule is CCNC(=NCC1CCCOC1c1ccc(C)cc1)NCCCSC.I. The number of thioether (sulfide) groups is 1. The van der Waals surface area contributed by atoms with E-state index in [1.807, 2.05) is 11.8 Å². The second-order valence-electron chi connectivity index (χ2n) is 6.60. The molecule has 1 heterocycles. The normalized spacial score (nSPS) is 20.3. The summed E-state index contributed by atoms with van der Waals surface area (Å²) in [5, 5.41) is 6.79. The summed E-state index contributed by atoms with van der Waals surface area (Å²) in [5.41, 5.74) is 2.57. The van der Waals surface area contributed by atoms with E-state index >= 15 is 0 Å².